The molecule has 2 atom stereocenters. The van der Waals surface area contributed by atoms with E-state index in [0.717, 1.165) is 0 Å². The summed E-state index contributed by atoms with van der Waals surface area (Å²) in [7, 11) is 0. The van der Waals surface area contributed by atoms with Gasteiger partial charge in [0.15, 0.2) is 0 Å². The third kappa shape index (κ3) is 4.19. The maximum atomic E-state index is 13.3. The largest absolute Gasteiger partial charge is 0.465 e. The number of carboxylic acid groups (broad SMARTS) is 1. The zero-order chi connectivity index (χ0) is 18.1. The molecule has 0 saturated carbocycles. The Hall–Kier alpha value is -2.24. The Kier molecular flexibility index (Phi) is 4.78. The second-order valence-corrected chi connectivity index (χ2v) is 5.11. The molecule has 134 valence electrons. The first-order valence-corrected chi connectivity index (χ1v) is 6.68. The molecule has 1 fully saturated rings. The minimum atomic E-state index is -4.59. The number of alkyl halides is 5. The molecule has 1 saturated heterocycles. The molecule has 0 bridgehead atoms. The first-order chi connectivity index (χ1) is 11.0. The van der Waals surface area contributed by atoms with Gasteiger partial charge in [0.05, 0.1) is 17.7 Å². The first-order valence-electron chi connectivity index (χ1n) is 6.68. The van der Waals surface area contributed by atoms with Crippen LogP contribution in [0.25, 0.3) is 0 Å². The number of carbonyl (C=O) groups is 1. The highest BCUT2D eigenvalue weighted by Gasteiger charge is 2.47. The van der Waals surface area contributed by atoms with Gasteiger partial charge in [0.25, 0.3) is 0 Å². The number of aromatic nitrogens is 2. The van der Waals surface area contributed by atoms with E-state index < -0.39 is 42.6 Å². The molecule has 2 heterocycles. The highest BCUT2D eigenvalue weighted by Crippen LogP contribution is 2.30. The maximum absolute atomic E-state index is 13.3. The van der Waals surface area contributed by atoms with E-state index >= 15 is 0 Å². The van der Waals surface area contributed by atoms with Crippen LogP contribution in [0.4, 0.5) is 32.7 Å². The number of rotatable bonds is 3. The van der Waals surface area contributed by atoms with E-state index in [4.69, 9.17) is 5.11 Å². The summed E-state index contributed by atoms with van der Waals surface area (Å²) in [4.78, 5) is 18.5. The Labute approximate surface area is 132 Å². The van der Waals surface area contributed by atoms with Crippen LogP contribution in [0.5, 0.6) is 0 Å². The second-order valence-electron chi connectivity index (χ2n) is 5.11. The average molecular weight is 356 g/mol. The SMILES string of the molecule is C[C@@H]1OC(F)(F)CN(C(=O)O)C1CNc1ncc(C(F)(F)F)cn1. The fourth-order valence-electron chi connectivity index (χ4n) is 2.20. The molecule has 2 N–H and O–H groups in total. The van der Waals surface area contributed by atoms with Crippen molar-refractivity contribution in [1.82, 2.24) is 14.9 Å². The number of nitrogens with one attached hydrogen (secondary N) is 1. The van der Waals surface area contributed by atoms with Crippen LogP contribution in [-0.4, -0.2) is 57.4 Å². The van der Waals surface area contributed by atoms with Gasteiger partial charge in [0.2, 0.25) is 5.95 Å². The van der Waals surface area contributed by atoms with Gasteiger partial charge in [-0.05, 0) is 6.92 Å². The van der Waals surface area contributed by atoms with E-state index in [1.807, 2.05) is 0 Å². The highest BCUT2D eigenvalue weighted by molar-refractivity contribution is 5.66. The zero-order valence-corrected chi connectivity index (χ0v) is 12.2. The van der Waals surface area contributed by atoms with Crippen molar-refractivity contribution in [2.75, 3.05) is 18.4 Å². The third-order valence-electron chi connectivity index (χ3n) is 3.35. The van der Waals surface area contributed by atoms with Crippen LogP contribution in [-0.2, 0) is 10.9 Å². The molecular weight excluding hydrogens is 343 g/mol. The number of hydrogen-bond acceptors (Lipinski definition) is 5. The molecule has 1 unspecified atom stereocenters. The van der Waals surface area contributed by atoms with Gasteiger partial charge in [-0.15, -0.1) is 0 Å². The third-order valence-corrected chi connectivity index (χ3v) is 3.35. The van der Waals surface area contributed by atoms with Gasteiger partial charge in [-0.25, -0.2) is 14.8 Å². The van der Waals surface area contributed by atoms with Crippen molar-refractivity contribution in [2.24, 2.45) is 0 Å². The van der Waals surface area contributed by atoms with Crippen molar-refractivity contribution in [3.05, 3.63) is 18.0 Å². The van der Waals surface area contributed by atoms with Crippen molar-refractivity contribution in [2.45, 2.75) is 31.4 Å². The second kappa shape index (κ2) is 6.34. The quantitative estimate of drug-likeness (QED) is 0.808. The van der Waals surface area contributed by atoms with Crippen LogP contribution in [0, 0.1) is 0 Å². The summed E-state index contributed by atoms with van der Waals surface area (Å²) < 4.78 is 68.2. The summed E-state index contributed by atoms with van der Waals surface area (Å²) in [6, 6.07) is -0.993. The molecule has 1 aliphatic rings. The lowest BCUT2D eigenvalue weighted by atomic mass is 10.1. The van der Waals surface area contributed by atoms with Crippen LogP contribution in [0.15, 0.2) is 12.4 Å². The first kappa shape index (κ1) is 18.1. The lowest BCUT2D eigenvalue weighted by Crippen LogP contribution is -2.60. The zero-order valence-electron chi connectivity index (χ0n) is 12.2. The fourth-order valence-corrected chi connectivity index (χ4v) is 2.20. The lowest BCUT2D eigenvalue weighted by Gasteiger charge is -2.41. The van der Waals surface area contributed by atoms with E-state index in [1.54, 1.807) is 0 Å². The number of nitrogens with zero attached hydrogens (tertiary/aromatic N) is 3. The van der Waals surface area contributed by atoms with Crippen molar-refractivity contribution >= 4 is 12.0 Å². The fraction of sp³-hybridized carbons (Fsp3) is 0.583. The predicted molar refractivity (Wildman–Crippen MR) is 69.5 cm³/mol. The lowest BCUT2D eigenvalue weighted by molar-refractivity contribution is -0.299. The van der Waals surface area contributed by atoms with Gasteiger partial charge in [-0.3, -0.25) is 4.90 Å². The molecule has 1 aromatic rings. The van der Waals surface area contributed by atoms with Crippen LogP contribution in [0.1, 0.15) is 12.5 Å². The number of halogens is 5. The summed E-state index contributed by atoms with van der Waals surface area (Å²) in [5.41, 5.74) is -1.05. The van der Waals surface area contributed by atoms with Crippen molar-refractivity contribution in [3.63, 3.8) is 0 Å². The van der Waals surface area contributed by atoms with Gasteiger partial charge in [-0.1, -0.05) is 0 Å². The molecule has 0 spiro atoms. The Morgan fingerprint density at radius 3 is 2.54 bits per heavy atom. The molecular formula is C12H13F5N4O3. The van der Waals surface area contributed by atoms with Crippen LogP contribution in [0.2, 0.25) is 0 Å². The van der Waals surface area contributed by atoms with E-state index in [9.17, 15) is 26.7 Å². The Balaban J connectivity index is 2.05. The Morgan fingerprint density at radius 1 is 1.46 bits per heavy atom. The molecule has 7 nitrogen and oxygen atoms in total. The normalized spacial score (nSPS) is 23.8. The monoisotopic (exact) mass is 356 g/mol. The molecule has 24 heavy (non-hydrogen) atoms. The van der Waals surface area contributed by atoms with Crippen molar-refractivity contribution < 1.29 is 36.6 Å². The molecule has 1 aromatic heterocycles. The standard InChI is InChI=1S/C12H13F5N4O3/c1-6-8(21(10(22)23)5-11(13,14)24-6)4-20-9-18-2-7(3-19-9)12(15,16)17/h2-3,6,8H,4-5H2,1H3,(H,22,23)(H,18,19,20)/t6-,8?/m0/s1. The Morgan fingerprint density at radius 2 is 2.04 bits per heavy atom. The molecule has 1 aliphatic heterocycles. The summed E-state index contributed by atoms with van der Waals surface area (Å²) in [5, 5.41) is 11.6. The number of hydrogen-bond donors (Lipinski definition) is 2. The Bertz CT molecular complexity index is 595. The number of ether oxygens (including phenoxy) is 1. The maximum Gasteiger partial charge on any atom is 0.419 e. The summed E-state index contributed by atoms with van der Waals surface area (Å²) in [6.45, 7) is -0.0925. The van der Waals surface area contributed by atoms with Crippen molar-refractivity contribution in [3.8, 4) is 0 Å². The smallest absolute Gasteiger partial charge is 0.419 e. The number of anilines is 1. The van der Waals surface area contributed by atoms with E-state index in [1.165, 1.54) is 6.92 Å². The summed E-state index contributed by atoms with van der Waals surface area (Å²) in [5.74, 6) is -0.196. The number of amides is 1. The average Bonchev–Trinajstić information content (AvgIpc) is 2.44. The minimum Gasteiger partial charge on any atom is -0.465 e. The molecule has 0 aromatic carbocycles. The van der Waals surface area contributed by atoms with E-state index in [0.29, 0.717) is 17.3 Å². The number of morpholine rings is 1. The van der Waals surface area contributed by atoms with Crippen LogP contribution < -0.4 is 5.32 Å². The predicted octanol–water partition coefficient (Wildman–Crippen LogP) is 2.27. The molecule has 0 radical (unpaired) electrons. The van der Waals surface area contributed by atoms with Crippen LogP contribution in [0.3, 0.4) is 0 Å². The van der Waals surface area contributed by atoms with Gasteiger partial charge in [-0.2, -0.15) is 22.0 Å². The summed E-state index contributed by atoms with van der Waals surface area (Å²) in [6.07, 6.45) is -9.80. The van der Waals surface area contributed by atoms with Gasteiger partial charge in [0, 0.05) is 18.9 Å². The van der Waals surface area contributed by atoms with Crippen molar-refractivity contribution in [1.29, 1.82) is 0 Å². The van der Waals surface area contributed by atoms with Gasteiger partial charge in [0.1, 0.15) is 6.54 Å². The molecule has 12 heteroatoms. The minimum absolute atomic E-state index is 0.196. The molecule has 0 aliphatic carbocycles. The summed E-state index contributed by atoms with van der Waals surface area (Å²) >= 11 is 0. The topological polar surface area (TPSA) is 87.6 Å². The highest BCUT2D eigenvalue weighted by atomic mass is 19.4. The van der Waals surface area contributed by atoms with Gasteiger partial charge >= 0.3 is 18.4 Å². The van der Waals surface area contributed by atoms with Gasteiger partial charge < -0.3 is 15.2 Å². The van der Waals surface area contributed by atoms with E-state index in [-0.39, 0.29) is 12.5 Å². The van der Waals surface area contributed by atoms with E-state index in [2.05, 4.69) is 20.0 Å². The van der Waals surface area contributed by atoms with Crippen LogP contribution >= 0.6 is 0 Å². The molecule has 1 amide bonds. The molecule has 2 rings (SSSR count).